The number of anilines is 3. The number of nitrogens with one attached hydrogen (secondary N) is 3. The zero-order valence-electron chi connectivity index (χ0n) is 16.2. The summed E-state index contributed by atoms with van der Waals surface area (Å²) in [6.07, 6.45) is -3.50. The first-order valence-corrected chi connectivity index (χ1v) is 9.36. The number of fused-ring (bicyclic) bond motifs is 1. The van der Waals surface area contributed by atoms with Crippen molar-refractivity contribution in [3.05, 3.63) is 60.2 Å². The van der Waals surface area contributed by atoms with Gasteiger partial charge in [0.15, 0.2) is 11.7 Å². The lowest BCUT2D eigenvalue weighted by Crippen LogP contribution is -2.35. The van der Waals surface area contributed by atoms with Crippen molar-refractivity contribution in [1.29, 1.82) is 0 Å². The number of halogens is 3. The highest BCUT2D eigenvalue weighted by Gasteiger charge is 2.47. The molecule has 2 atom stereocenters. The number of nitrogens with zero attached hydrogens (tertiary/aromatic N) is 2. The summed E-state index contributed by atoms with van der Waals surface area (Å²) in [5, 5.41) is 12.0. The van der Waals surface area contributed by atoms with E-state index in [0.29, 0.717) is 17.1 Å². The van der Waals surface area contributed by atoms with Crippen molar-refractivity contribution in [3.8, 4) is 0 Å². The first-order valence-electron chi connectivity index (χ1n) is 9.36. The molecule has 0 unspecified atom stereocenters. The topological polar surface area (TPSA) is 101 Å². The van der Waals surface area contributed by atoms with Gasteiger partial charge in [0.2, 0.25) is 5.91 Å². The highest BCUT2D eigenvalue weighted by Crippen LogP contribution is 2.43. The molecular formula is C20H18F3N5O3. The average molecular weight is 433 g/mol. The maximum atomic E-state index is 13.7. The molecule has 0 aliphatic carbocycles. The van der Waals surface area contributed by atoms with E-state index in [2.05, 4.69) is 21.0 Å². The van der Waals surface area contributed by atoms with Crippen LogP contribution in [0.15, 0.2) is 53.1 Å². The molecule has 162 valence electrons. The summed E-state index contributed by atoms with van der Waals surface area (Å²) in [6.45, 7) is 1.35. The van der Waals surface area contributed by atoms with Crippen LogP contribution in [0.3, 0.4) is 0 Å². The van der Waals surface area contributed by atoms with Crippen LogP contribution >= 0.6 is 0 Å². The summed E-state index contributed by atoms with van der Waals surface area (Å²) in [6, 6.07) is 8.20. The van der Waals surface area contributed by atoms with Crippen LogP contribution in [-0.2, 0) is 4.79 Å². The highest BCUT2D eigenvalue weighted by molar-refractivity contribution is 6.03. The minimum absolute atomic E-state index is 0.0622. The number of furan rings is 1. The lowest BCUT2D eigenvalue weighted by atomic mass is 10.0. The summed E-state index contributed by atoms with van der Waals surface area (Å²) in [5.41, 5.74) is 0.646. The minimum atomic E-state index is -4.56. The van der Waals surface area contributed by atoms with E-state index in [9.17, 15) is 22.8 Å². The first-order chi connectivity index (χ1) is 14.7. The molecule has 0 radical (unpaired) electrons. The Hall–Kier alpha value is -3.76. The molecule has 0 fully saturated rings. The van der Waals surface area contributed by atoms with Crippen LogP contribution in [0.1, 0.15) is 41.7 Å². The van der Waals surface area contributed by atoms with E-state index < -0.39 is 24.2 Å². The van der Waals surface area contributed by atoms with Crippen LogP contribution < -0.4 is 16.0 Å². The Morgan fingerprint density at radius 2 is 1.90 bits per heavy atom. The van der Waals surface area contributed by atoms with Crippen molar-refractivity contribution < 1.29 is 27.2 Å². The van der Waals surface area contributed by atoms with Gasteiger partial charge >= 0.3 is 6.18 Å². The molecule has 4 rings (SSSR count). The van der Waals surface area contributed by atoms with Crippen molar-refractivity contribution in [2.45, 2.75) is 31.6 Å². The van der Waals surface area contributed by atoms with Gasteiger partial charge in [-0.05, 0) is 30.3 Å². The van der Waals surface area contributed by atoms with Gasteiger partial charge in [0.25, 0.3) is 5.91 Å². The number of benzene rings is 1. The zero-order chi connectivity index (χ0) is 22.2. The van der Waals surface area contributed by atoms with E-state index in [1.165, 1.54) is 25.3 Å². The maximum absolute atomic E-state index is 13.7. The second-order valence-corrected chi connectivity index (χ2v) is 7.08. The Balaban J connectivity index is 1.59. The number of alkyl halides is 3. The molecule has 1 aromatic carbocycles. The molecule has 11 heteroatoms. The first kappa shape index (κ1) is 20.5. The molecule has 31 heavy (non-hydrogen) atoms. The van der Waals surface area contributed by atoms with Gasteiger partial charge in [0.05, 0.1) is 12.3 Å². The number of carbonyl (C=O) groups is 2. The number of amides is 2. The normalized spacial score (nSPS) is 18.1. The average Bonchev–Trinajstić information content (AvgIpc) is 3.36. The predicted octanol–water partition coefficient (Wildman–Crippen LogP) is 4.35. The fourth-order valence-corrected chi connectivity index (χ4v) is 3.43. The van der Waals surface area contributed by atoms with Crippen LogP contribution in [-0.4, -0.2) is 27.8 Å². The standard InChI is InChI=1S/C20H18F3N5O3/c1-11(29)24-12-4-2-5-13(8-12)25-19(30)15-10-18-26-14(16-6-3-7-31-16)9-17(20(21,22)23)28(18)27-15/h2-8,10,14,17,26H,9H2,1H3,(H,24,29)(H,25,30)/t14-,17-/m1/s1. The summed E-state index contributed by atoms with van der Waals surface area (Å²) >= 11 is 0. The van der Waals surface area contributed by atoms with Crippen LogP contribution in [0.5, 0.6) is 0 Å². The van der Waals surface area contributed by atoms with Gasteiger partial charge in [0, 0.05) is 30.8 Å². The van der Waals surface area contributed by atoms with E-state index >= 15 is 0 Å². The minimum Gasteiger partial charge on any atom is -0.467 e. The van der Waals surface area contributed by atoms with Crippen molar-refractivity contribution in [2.75, 3.05) is 16.0 Å². The summed E-state index contributed by atoms with van der Waals surface area (Å²) < 4.78 is 47.1. The molecule has 8 nitrogen and oxygen atoms in total. The number of hydrogen-bond donors (Lipinski definition) is 3. The van der Waals surface area contributed by atoms with Crippen molar-refractivity contribution in [1.82, 2.24) is 9.78 Å². The van der Waals surface area contributed by atoms with Gasteiger partial charge in [-0.2, -0.15) is 18.3 Å². The van der Waals surface area contributed by atoms with Gasteiger partial charge in [-0.25, -0.2) is 4.68 Å². The maximum Gasteiger partial charge on any atom is 0.410 e. The predicted molar refractivity (Wildman–Crippen MR) is 106 cm³/mol. The van der Waals surface area contributed by atoms with Crippen molar-refractivity contribution in [2.24, 2.45) is 0 Å². The molecule has 3 N–H and O–H groups in total. The highest BCUT2D eigenvalue weighted by atomic mass is 19.4. The van der Waals surface area contributed by atoms with Crippen LogP contribution in [0.2, 0.25) is 0 Å². The number of aromatic nitrogens is 2. The summed E-state index contributed by atoms with van der Waals surface area (Å²) in [5.74, 6) is -0.533. The Morgan fingerprint density at radius 3 is 2.55 bits per heavy atom. The smallest absolute Gasteiger partial charge is 0.410 e. The van der Waals surface area contributed by atoms with E-state index in [0.717, 1.165) is 4.68 Å². The fraction of sp³-hybridized carbons (Fsp3) is 0.250. The molecule has 3 heterocycles. The third-order valence-corrected chi connectivity index (χ3v) is 4.75. The lowest BCUT2D eigenvalue weighted by Gasteiger charge is -2.32. The number of carbonyl (C=O) groups excluding carboxylic acids is 2. The van der Waals surface area contributed by atoms with Gasteiger partial charge < -0.3 is 20.4 Å². The van der Waals surface area contributed by atoms with E-state index in [1.54, 1.807) is 30.3 Å². The Morgan fingerprint density at radius 1 is 1.16 bits per heavy atom. The monoisotopic (exact) mass is 433 g/mol. The number of hydrogen-bond acceptors (Lipinski definition) is 5. The van der Waals surface area contributed by atoms with Crippen LogP contribution in [0.25, 0.3) is 0 Å². The molecule has 0 spiro atoms. The molecular weight excluding hydrogens is 415 g/mol. The number of rotatable bonds is 4. The Labute approximate surface area is 174 Å². The summed E-state index contributed by atoms with van der Waals surface area (Å²) in [7, 11) is 0. The molecule has 1 aliphatic heterocycles. The van der Waals surface area contributed by atoms with Crippen LogP contribution in [0, 0.1) is 0 Å². The zero-order valence-corrected chi connectivity index (χ0v) is 16.2. The SMILES string of the molecule is CC(=O)Nc1cccc(NC(=O)c2cc3n(n2)[C@@H](C(F)(F)F)C[C@H](c2ccco2)N3)c1. The van der Waals surface area contributed by atoms with Gasteiger partial charge in [-0.15, -0.1) is 0 Å². The quantitative estimate of drug-likeness (QED) is 0.568. The van der Waals surface area contributed by atoms with E-state index in [1.807, 2.05) is 0 Å². The lowest BCUT2D eigenvalue weighted by molar-refractivity contribution is -0.174. The van der Waals surface area contributed by atoms with Gasteiger partial charge in [-0.3, -0.25) is 9.59 Å². The molecule has 0 saturated heterocycles. The molecule has 2 amide bonds. The Bertz CT molecular complexity index is 1110. The third-order valence-electron chi connectivity index (χ3n) is 4.75. The largest absolute Gasteiger partial charge is 0.467 e. The molecule has 3 aromatic rings. The van der Waals surface area contributed by atoms with Crippen LogP contribution in [0.4, 0.5) is 30.4 Å². The molecule has 1 aliphatic rings. The van der Waals surface area contributed by atoms with Crippen molar-refractivity contribution in [3.63, 3.8) is 0 Å². The summed E-state index contributed by atoms with van der Waals surface area (Å²) in [4.78, 5) is 23.8. The van der Waals surface area contributed by atoms with Crippen molar-refractivity contribution >= 4 is 29.0 Å². The van der Waals surface area contributed by atoms with E-state index in [4.69, 9.17) is 4.42 Å². The van der Waals surface area contributed by atoms with Gasteiger partial charge in [-0.1, -0.05) is 6.07 Å². The second-order valence-electron chi connectivity index (χ2n) is 7.08. The molecule has 2 aromatic heterocycles. The van der Waals surface area contributed by atoms with E-state index in [-0.39, 0.29) is 23.8 Å². The fourth-order valence-electron chi connectivity index (χ4n) is 3.43. The Kier molecular flexibility index (Phi) is 5.17. The van der Waals surface area contributed by atoms with Gasteiger partial charge in [0.1, 0.15) is 11.6 Å². The second kappa shape index (κ2) is 7.82. The third kappa shape index (κ3) is 4.39. The molecule has 0 bridgehead atoms. The molecule has 0 saturated carbocycles.